The zero-order valence-electron chi connectivity index (χ0n) is 11.3. The van der Waals surface area contributed by atoms with E-state index in [2.05, 4.69) is 24.3 Å². The maximum atomic E-state index is 12.9. The van der Waals surface area contributed by atoms with Crippen LogP contribution in [0.4, 0.5) is 4.39 Å². The molecule has 1 aliphatic heterocycles. The summed E-state index contributed by atoms with van der Waals surface area (Å²) in [7, 11) is 0. The van der Waals surface area contributed by atoms with Gasteiger partial charge in [-0.15, -0.1) is 11.8 Å². The lowest BCUT2D eigenvalue weighted by molar-refractivity contribution is 0.553. The van der Waals surface area contributed by atoms with Crippen molar-refractivity contribution in [3.8, 4) is 0 Å². The highest BCUT2D eigenvalue weighted by Gasteiger charge is 2.24. The molecule has 2 aromatic rings. The standard InChI is InChI=1S/C17H18FNS/c18-14-7-5-12(6-8-14)9-15(19)10-13-11-20-17-4-2-1-3-16(13)17/h1-8,13,15H,9-11,19H2. The SMILES string of the molecule is NC(Cc1ccc(F)cc1)CC1CSc2ccccc21. The van der Waals surface area contributed by atoms with E-state index >= 15 is 0 Å². The largest absolute Gasteiger partial charge is 0.327 e. The molecule has 1 heterocycles. The van der Waals surface area contributed by atoms with Gasteiger partial charge in [0.05, 0.1) is 0 Å². The molecule has 0 aromatic heterocycles. The van der Waals surface area contributed by atoms with Crippen LogP contribution in [0.25, 0.3) is 0 Å². The molecule has 20 heavy (non-hydrogen) atoms. The molecule has 0 aliphatic carbocycles. The van der Waals surface area contributed by atoms with E-state index in [1.165, 1.54) is 22.6 Å². The molecule has 0 saturated carbocycles. The number of hydrogen-bond acceptors (Lipinski definition) is 2. The molecule has 104 valence electrons. The Morgan fingerprint density at radius 3 is 2.70 bits per heavy atom. The van der Waals surface area contributed by atoms with Crippen molar-refractivity contribution in [1.82, 2.24) is 0 Å². The molecule has 2 N–H and O–H groups in total. The fourth-order valence-corrected chi connectivity index (χ4v) is 4.07. The summed E-state index contributed by atoms with van der Waals surface area (Å²) in [4.78, 5) is 1.39. The van der Waals surface area contributed by atoms with Gasteiger partial charge in [-0.2, -0.15) is 0 Å². The Labute approximate surface area is 123 Å². The van der Waals surface area contributed by atoms with Crippen LogP contribution in [0.15, 0.2) is 53.4 Å². The van der Waals surface area contributed by atoms with Crippen molar-refractivity contribution in [3.05, 3.63) is 65.5 Å². The van der Waals surface area contributed by atoms with Crippen LogP contribution in [-0.2, 0) is 6.42 Å². The number of nitrogens with two attached hydrogens (primary N) is 1. The van der Waals surface area contributed by atoms with E-state index in [0.29, 0.717) is 5.92 Å². The van der Waals surface area contributed by atoms with Gasteiger partial charge in [-0.1, -0.05) is 30.3 Å². The minimum absolute atomic E-state index is 0.122. The van der Waals surface area contributed by atoms with Gasteiger partial charge < -0.3 is 5.73 Å². The summed E-state index contributed by atoms with van der Waals surface area (Å²) in [6.07, 6.45) is 1.80. The van der Waals surface area contributed by atoms with Crippen molar-refractivity contribution in [2.45, 2.75) is 29.7 Å². The molecule has 2 atom stereocenters. The van der Waals surface area contributed by atoms with Crippen molar-refractivity contribution < 1.29 is 4.39 Å². The van der Waals surface area contributed by atoms with E-state index in [9.17, 15) is 4.39 Å². The summed E-state index contributed by atoms with van der Waals surface area (Å²) in [5, 5.41) is 0. The summed E-state index contributed by atoms with van der Waals surface area (Å²) in [6.45, 7) is 0. The Morgan fingerprint density at radius 2 is 1.90 bits per heavy atom. The van der Waals surface area contributed by atoms with Crippen molar-refractivity contribution in [2.24, 2.45) is 5.73 Å². The maximum absolute atomic E-state index is 12.9. The van der Waals surface area contributed by atoms with Gasteiger partial charge in [0.1, 0.15) is 5.82 Å². The van der Waals surface area contributed by atoms with Crippen LogP contribution < -0.4 is 5.73 Å². The second-order valence-electron chi connectivity index (χ2n) is 5.37. The lowest BCUT2D eigenvalue weighted by Gasteiger charge is -2.17. The van der Waals surface area contributed by atoms with Gasteiger partial charge in [0.25, 0.3) is 0 Å². The van der Waals surface area contributed by atoms with Crippen LogP contribution in [0, 0.1) is 5.82 Å². The van der Waals surface area contributed by atoms with Crippen LogP contribution in [-0.4, -0.2) is 11.8 Å². The molecule has 0 fully saturated rings. The highest BCUT2D eigenvalue weighted by molar-refractivity contribution is 7.99. The molecule has 0 spiro atoms. The molecule has 2 unspecified atom stereocenters. The number of benzene rings is 2. The topological polar surface area (TPSA) is 26.0 Å². The first-order valence-electron chi connectivity index (χ1n) is 6.94. The summed E-state index contributed by atoms with van der Waals surface area (Å²) in [6, 6.07) is 15.4. The zero-order valence-corrected chi connectivity index (χ0v) is 12.1. The smallest absolute Gasteiger partial charge is 0.123 e. The lowest BCUT2D eigenvalue weighted by atomic mass is 9.91. The molecule has 1 nitrogen and oxygen atoms in total. The third-order valence-electron chi connectivity index (χ3n) is 3.80. The second-order valence-corrected chi connectivity index (χ2v) is 6.43. The van der Waals surface area contributed by atoms with Crippen molar-refractivity contribution >= 4 is 11.8 Å². The predicted molar refractivity (Wildman–Crippen MR) is 82.6 cm³/mol. The Kier molecular flexibility index (Phi) is 4.08. The number of fused-ring (bicyclic) bond motifs is 1. The van der Waals surface area contributed by atoms with Gasteiger partial charge in [-0.05, 0) is 48.1 Å². The molecule has 3 heteroatoms. The zero-order chi connectivity index (χ0) is 13.9. The normalized spacial score (nSPS) is 18.8. The average molecular weight is 287 g/mol. The van der Waals surface area contributed by atoms with E-state index in [1.54, 1.807) is 0 Å². The highest BCUT2D eigenvalue weighted by atomic mass is 32.2. The Bertz CT molecular complexity index is 582. The first kappa shape index (κ1) is 13.7. The Balaban J connectivity index is 1.62. The fraction of sp³-hybridized carbons (Fsp3) is 0.294. The van der Waals surface area contributed by atoms with Crippen molar-refractivity contribution in [1.29, 1.82) is 0 Å². The average Bonchev–Trinajstić information content (AvgIpc) is 2.85. The van der Waals surface area contributed by atoms with Crippen LogP contribution in [0.5, 0.6) is 0 Å². The van der Waals surface area contributed by atoms with Crippen LogP contribution in [0.2, 0.25) is 0 Å². The number of hydrogen-bond donors (Lipinski definition) is 1. The van der Waals surface area contributed by atoms with Gasteiger partial charge >= 0.3 is 0 Å². The first-order chi connectivity index (χ1) is 9.72. The third kappa shape index (κ3) is 3.05. The van der Waals surface area contributed by atoms with Gasteiger partial charge in [-0.25, -0.2) is 4.39 Å². The quantitative estimate of drug-likeness (QED) is 0.920. The molecule has 2 aromatic carbocycles. The highest BCUT2D eigenvalue weighted by Crippen LogP contribution is 2.41. The van der Waals surface area contributed by atoms with Gasteiger partial charge in [0.2, 0.25) is 0 Å². The summed E-state index contributed by atoms with van der Waals surface area (Å²) in [5.74, 6) is 1.48. The third-order valence-corrected chi connectivity index (χ3v) is 5.05. The summed E-state index contributed by atoms with van der Waals surface area (Å²) >= 11 is 1.92. The Morgan fingerprint density at radius 1 is 1.15 bits per heavy atom. The van der Waals surface area contributed by atoms with E-state index < -0.39 is 0 Å². The van der Waals surface area contributed by atoms with Gasteiger partial charge in [0, 0.05) is 16.7 Å². The maximum Gasteiger partial charge on any atom is 0.123 e. The molecule has 0 amide bonds. The van der Waals surface area contributed by atoms with Gasteiger partial charge in [0.15, 0.2) is 0 Å². The minimum atomic E-state index is -0.191. The van der Waals surface area contributed by atoms with E-state index in [0.717, 1.165) is 24.2 Å². The van der Waals surface area contributed by atoms with Crippen molar-refractivity contribution in [3.63, 3.8) is 0 Å². The fourth-order valence-electron chi connectivity index (χ4n) is 2.80. The molecule has 0 radical (unpaired) electrons. The number of thioether (sulfide) groups is 1. The summed E-state index contributed by atoms with van der Waals surface area (Å²) < 4.78 is 12.9. The monoisotopic (exact) mass is 287 g/mol. The second kappa shape index (κ2) is 5.98. The van der Waals surface area contributed by atoms with Crippen molar-refractivity contribution in [2.75, 3.05) is 5.75 Å². The molecular weight excluding hydrogens is 269 g/mol. The van der Waals surface area contributed by atoms with Crippen LogP contribution in [0.3, 0.4) is 0 Å². The minimum Gasteiger partial charge on any atom is -0.327 e. The number of rotatable bonds is 4. The van der Waals surface area contributed by atoms with E-state index in [-0.39, 0.29) is 11.9 Å². The Hall–Kier alpha value is -1.32. The molecule has 1 aliphatic rings. The lowest BCUT2D eigenvalue weighted by Crippen LogP contribution is -2.25. The van der Waals surface area contributed by atoms with E-state index in [1.807, 2.05) is 23.9 Å². The molecular formula is C17H18FNS. The predicted octanol–water partition coefficient (Wildman–Crippen LogP) is 3.98. The number of halogens is 1. The first-order valence-corrected chi connectivity index (χ1v) is 7.92. The molecule has 0 saturated heterocycles. The van der Waals surface area contributed by atoms with Gasteiger partial charge in [-0.3, -0.25) is 0 Å². The molecule has 3 rings (SSSR count). The summed E-state index contributed by atoms with van der Waals surface area (Å²) in [5.41, 5.74) is 8.82. The van der Waals surface area contributed by atoms with Crippen LogP contribution >= 0.6 is 11.8 Å². The molecule has 0 bridgehead atoms. The van der Waals surface area contributed by atoms with Crippen LogP contribution in [0.1, 0.15) is 23.5 Å². The van der Waals surface area contributed by atoms with E-state index in [4.69, 9.17) is 5.73 Å².